The molecule has 3 aromatic carbocycles. The highest BCUT2D eigenvalue weighted by Gasteiger charge is 2.19. The first-order chi connectivity index (χ1) is 17.3. The summed E-state index contributed by atoms with van der Waals surface area (Å²) in [4.78, 5) is 8.65. The molecule has 0 amide bonds. The topological polar surface area (TPSA) is 118 Å². The van der Waals surface area contributed by atoms with Crippen LogP contribution >= 0.6 is 0 Å². The van der Waals surface area contributed by atoms with Crippen LogP contribution in [0.2, 0.25) is 0 Å². The van der Waals surface area contributed by atoms with Crippen LogP contribution in [-0.2, 0) is 33.1 Å². The summed E-state index contributed by atoms with van der Waals surface area (Å²) in [7, 11) is -7.64. The van der Waals surface area contributed by atoms with E-state index in [1.165, 1.54) is 12.1 Å². The molecule has 36 heavy (non-hydrogen) atoms. The van der Waals surface area contributed by atoms with Crippen molar-refractivity contribution in [2.24, 2.45) is 0 Å². The van der Waals surface area contributed by atoms with Gasteiger partial charge in [0.05, 0.1) is 11.0 Å². The summed E-state index contributed by atoms with van der Waals surface area (Å²) in [5, 5.41) is 1.46. The number of pyridine rings is 2. The van der Waals surface area contributed by atoms with Crippen LogP contribution in [0.25, 0.3) is 21.8 Å². The molecule has 2 heterocycles. The molecule has 0 bridgehead atoms. The average Bonchev–Trinajstić information content (AvgIpc) is 2.90. The van der Waals surface area contributed by atoms with Crippen LogP contribution < -0.4 is 9.44 Å². The molecular weight excluding hydrogens is 496 g/mol. The Morgan fingerprint density at radius 2 is 0.972 bits per heavy atom. The van der Waals surface area contributed by atoms with Gasteiger partial charge in [0, 0.05) is 36.3 Å². The maximum absolute atomic E-state index is 13.0. The Labute approximate surface area is 209 Å². The summed E-state index contributed by atoms with van der Waals surface area (Å²) in [6.45, 7) is 0.0821. The second-order valence-corrected chi connectivity index (χ2v) is 11.6. The van der Waals surface area contributed by atoms with E-state index in [9.17, 15) is 16.8 Å². The van der Waals surface area contributed by atoms with Crippen molar-refractivity contribution in [1.29, 1.82) is 0 Å². The van der Waals surface area contributed by atoms with E-state index in [1.807, 2.05) is 0 Å². The third-order valence-electron chi connectivity index (χ3n) is 5.69. The molecule has 0 saturated carbocycles. The van der Waals surface area contributed by atoms with Gasteiger partial charge in [-0.15, -0.1) is 0 Å². The number of nitrogens with one attached hydrogen (secondary N) is 2. The van der Waals surface area contributed by atoms with E-state index in [-0.39, 0.29) is 22.9 Å². The predicted octanol–water partition coefficient (Wildman–Crippen LogP) is 3.74. The van der Waals surface area contributed by atoms with E-state index in [1.54, 1.807) is 85.2 Å². The van der Waals surface area contributed by atoms with Gasteiger partial charge >= 0.3 is 0 Å². The molecule has 0 aliphatic heterocycles. The van der Waals surface area contributed by atoms with E-state index in [0.29, 0.717) is 22.2 Å². The quantitative estimate of drug-likeness (QED) is 0.323. The van der Waals surface area contributed by atoms with Crippen LogP contribution in [-0.4, -0.2) is 26.8 Å². The lowest BCUT2D eigenvalue weighted by Gasteiger charge is -2.11. The van der Waals surface area contributed by atoms with Crippen LogP contribution in [0.5, 0.6) is 0 Å². The average molecular weight is 519 g/mol. The molecule has 2 N–H and O–H groups in total. The van der Waals surface area contributed by atoms with Crippen LogP contribution in [0.1, 0.15) is 11.1 Å². The van der Waals surface area contributed by atoms with Crippen molar-refractivity contribution in [1.82, 2.24) is 19.4 Å². The maximum Gasteiger partial charge on any atom is 0.243 e. The lowest BCUT2D eigenvalue weighted by Crippen LogP contribution is -2.25. The van der Waals surface area contributed by atoms with Crippen LogP contribution in [0.15, 0.2) is 107 Å². The normalized spacial score (nSPS) is 12.2. The number of aromatic nitrogens is 2. The number of fused-ring (bicyclic) bond motifs is 2. The van der Waals surface area contributed by atoms with Crippen LogP contribution in [0, 0.1) is 0 Å². The first-order valence-corrected chi connectivity index (χ1v) is 14.0. The Morgan fingerprint density at radius 1 is 0.556 bits per heavy atom. The standard InChI is InChI=1S/C26H22N4O4S2/c31-35(32,23-12-2-8-21-10-4-14-27-25(21)23)29-17-19-6-1-7-20(16-19)18-30-36(33,34)24-13-3-9-22-11-5-15-28-26(22)24/h1-16,29-30H,17-18H2. The second-order valence-electron chi connectivity index (χ2n) is 8.13. The Bertz CT molecular complexity index is 1650. The van der Waals surface area contributed by atoms with Crippen molar-refractivity contribution in [3.63, 3.8) is 0 Å². The molecule has 0 fully saturated rings. The predicted molar refractivity (Wildman–Crippen MR) is 138 cm³/mol. The summed E-state index contributed by atoms with van der Waals surface area (Å²) >= 11 is 0. The molecule has 0 aliphatic carbocycles. The third kappa shape index (κ3) is 4.98. The van der Waals surface area contributed by atoms with Gasteiger partial charge in [0.1, 0.15) is 9.79 Å². The fraction of sp³-hybridized carbons (Fsp3) is 0.0769. The fourth-order valence-corrected chi connectivity index (χ4v) is 6.34. The molecule has 0 radical (unpaired) electrons. The number of benzene rings is 3. The van der Waals surface area contributed by atoms with Gasteiger partial charge in [-0.25, -0.2) is 26.3 Å². The van der Waals surface area contributed by atoms with Crippen molar-refractivity contribution in [3.8, 4) is 0 Å². The zero-order valence-corrected chi connectivity index (χ0v) is 20.6. The zero-order valence-electron chi connectivity index (χ0n) is 19.0. The van der Waals surface area contributed by atoms with Gasteiger partial charge in [-0.05, 0) is 35.4 Å². The highest BCUT2D eigenvalue weighted by atomic mass is 32.2. The van der Waals surface area contributed by atoms with E-state index >= 15 is 0 Å². The minimum absolute atomic E-state index is 0.0411. The summed E-state index contributed by atoms with van der Waals surface area (Å²) in [5.74, 6) is 0. The summed E-state index contributed by atoms with van der Waals surface area (Å²) in [6, 6.07) is 24.2. The van der Waals surface area contributed by atoms with Gasteiger partial charge in [0.15, 0.2) is 0 Å². The first kappa shape index (κ1) is 24.0. The van der Waals surface area contributed by atoms with Gasteiger partial charge in [0.25, 0.3) is 0 Å². The molecule has 0 atom stereocenters. The second kappa shape index (κ2) is 9.75. The number of para-hydroxylation sites is 2. The number of hydrogen-bond donors (Lipinski definition) is 2. The Morgan fingerprint density at radius 3 is 1.44 bits per heavy atom. The highest BCUT2D eigenvalue weighted by molar-refractivity contribution is 7.90. The Hall–Kier alpha value is -3.70. The Kier molecular flexibility index (Phi) is 6.50. The van der Waals surface area contributed by atoms with E-state index in [0.717, 1.165) is 10.8 Å². The van der Waals surface area contributed by atoms with Crippen LogP contribution in [0.4, 0.5) is 0 Å². The lowest BCUT2D eigenvalue weighted by molar-refractivity contribution is 0.581. The summed E-state index contributed by atoms with van der Waals surface area (Å²) < 4.78 is 57.1. The van der Waals surface area contributed by atoms with Gasteiger partial charge in [0.2, 0.25) is 20.0 Å². The molecule has 5 aromatic rings. The van der Waals surface area contributed by atoms with Gasteiger partial charge in [-0.2, -0.15) is 0 Å². The largest absolute Gasteiger partial charge is 0.255 e. The molecule has 0 saturated heterocycles. The molecule has 2 aromatic heterocycles. The van der Waals surface area contributed by atoms with Gasteiger partial charge in [-0.3, -0.25) is 9.97 Å². The smallest absolute Gasteiger partial charge is 0.243 e. The monoisotopic (exact) mass is 518 g/mol. The van der Waals surface area contributed by atoms with Crippen molar-refractivity contribution in [3.05, 3.63) is 108 Å². The molecule has 10 heteroatoms. The minimum Gasteiger partial charge on any atom is -0.255 e. The van der Waals surface area contributed by atoms with Gasteiger partial charge < -0.3 is 0 Å². The van der Waals surface area contributed by atoms with Gasteiger partial charge in [-0.1, -0.05) is 60.7 Å². The minimum atomic E-state index is -3.82. The zero-order chi connectivity index (χ0) is 25.2. The number of hydrogen-bond acceptors (Lipinski definition) is 6. The third-order valence-corrected chi connectivity index (χ3v) is 8.56. The van der Waals surface area contributed by atoms with E-state index in [2.05, 4.69) is 19.4 Å². The van der Waals surface area contributed by atoms with Crippen molar-refractivity contribution >= 4 is 41.9 Å². The summed E-state index contributed by atoms with van der Waals surface area (Å²) in [5.41, 5.74) is 2.18. The van der Waals surface area contributed by atoms with Crippen LogP contribution in [0.3, 0.4) is 0 Å². The number of sulfonamides is 2. The molecule has 0 unspecified atom stereocenters. The Balaban J connectivity index is 1.31. The first-order valence-electron chi connectivity index (χ1n) is 11.1. The van der Waals surface area contributed by atoms with E-state index < -0.39 is 20.0 Å². The maximum atomic E-state index is 13.0. The molecule has 8 nitrogen and oxygen atoms in total. The molecule has 5 rings (SSSR count). The lowest BCUT2D eigenvalue weighted by atomic mass is 10.1. The highest BCUT2D eigenvalue weighted by Crippen LogP contribution is 2.22. The summed E-state index contributed by atoms with van der Waals surface area (Å²) in [6.07, 6.45) is 3.11. The van der Waals surface area contributed by atoms with Crippen molar-refractivity contribution < 1.29 is 16.8 Å². The SMILES string of the molecule is O=S(=O)(NCc1cccc(CNS(=O)(=O)c2cccc3cccnc23)c1)c1cccc2cccnc12. The molecular formula is C26H22N4O4S2. The fourth-order valence-electron chi connectivity index (χ4n) is 3.95. The van der Waals surface area contributed by atoms with E-state index in [4.69, 9.17) is 0 Å². The molecule has 0 aliphatic rings. The number of rotatable bonds is 8. The molecule has 182 valence electrons. The van der Waals surface area contributed by atoms with Crippen molar-refractivity contribution in [2.45, 2.75) is 22.9 Å². The molecule has 0 spiro atoms. The number of nitrogens with zero attached hydrogens (tertiary/aromatic N) is 2. The van der Waals surface area contributed by atoms with Crippen molar-refractivity contribution in [2.75, 3.05) is 0 Å².